The van der Waals surface area contributed by atoms with Gasteiger partial charge in [-0.15, -0.1) is 11.3 Å². The van der Waals surface area contributed by atoms with Crippen LogP contribution in [-0.4, -0.2) is 159 Å². The van der Waals surface area contributed by atoms with Crippen molar-refractivity contribution in [3.05, 3.63) is 82.6 Å². The van der Waals surface area contributed by atoms with Crippen LogP contribution in [0.15, 0.2) is 70.2 Å². The molecule has 4 aromatic rings. The van der Waals surface area contributed by atoms with E-state index in [1.807, 2.05) is 44.2 Å². The molecule has 6 atom stereocenters. The van der Waals surface area contributed by atoms with Crippen molar-refractivity contribution in [2.45, 2.75) is 147 Å². The van der Waals surface area contributed by atoms with Gasteiger partial charge in [-0.3, -0.25) is 38.8 Å². The van der Waals surface area contributed by atoms with E-state index in [4.69, 9.17) is 22.9 Å². The number of aliphatic imine (C=N–C) groups is 2. The predicted octanol–water partition coefficient (Wildman–Crippen LogP) is 3.30. The van der Waals surface area contributed by atoms with E-state index < -0.39 is 83.7 Å². The predicted molar refractivity (Wildman–Crippen MR) is 326 cm³/mol. The van der Waals surface area contributed by atoms with Crippen LogP contribution in [0.2, 0.25) is 0 Å². The topological polar surface area (TPSA) is 384 Å². The Morgan fingerprint density at radius 2 is 1.52 bits per heavy atom. The highest BCUT2D eigenvalue weighted by molar-refractivity contribution is 7.13. The lowest BCUT2D eigenvalue weighted by atomic mass is 9.85. The van der Waals surface area contributed by atoms with E-state index in [0.717, 1.165) is 27.3 Å². The fourth-order valence-corrected chi connectivity index (χ4v) is 11.6. The third-order valence-electron chi connectivity index (χ3n) is 15.6. The number of nitriles is 1. The van der Waals surface area contributed by atoms with Gasteiger partial charge in [-0.25, -0.2) is 23.7 Å². The second-order valence-electron chi connectivity index (χ2n) is 23.4. The molecule has 3 aromatic heterocycles. The number of aliphatic hydroxyl groups excluding tert-OH is 1. The molecule has 3 aliphatic heterocycles. The number of alkyl halides is 2. The molecule has 3 fully saturated rings. The summed E-state index contributed by atoms with van der Waals surface area (Å²) in [6, 6.07) is 11.1. The van der Waals surface area contributed by atoms with Crippen LogP contribution >= 0.6 is 11.3 Å². The van der Waals surface area contributed by atoms with Gasteiger partial charge < -0.3 is 69.3 Å². The Morgan fingerprint density at radius 1 is 0.862 bits per heavy atom. The zero-order chi connectivity index (χ0) is 63.2. The number of nitrogens with one attached hydrogen (secondary N) is 5. The maximum absolute atomic E-state index is 14.7. The number of aryl methyl sites for hydroxylation is 1. The number of amides is 6. The minimum Gasteiger partial charge on any atom is -0.391 e. The molecule has 25 nitrogen and oxygen atoms in total. The number of β-amino-alcohol motifs (C(OH)–C–C–N with tert-alkyl or cyclic N) is 1. The number of piperidine rings is 1. The average Bonchev–Trinajstić information content (AvgIpc) is 2.15. The summed E-state index contributed by atoms with van der Waals surface area (Å²) in [4.78, 5) is 112. The quantitative estimate of drug-likeness (QED) is 0.0258. The van der Waals surface area contributed by atoms with Gasteiger partial charge in [0.2, 0.25) is 35.4 Å². The lowest BCUT2D eigenvalue weighted by Crippen LogP contribution is -2.61. The Kier molecular flexibility index (Phi) is 22.5. The number of carbonyl (C=O) groups is 6. The van der Waals surface area contributed by atoms with Crippen molar-refractivity contribution in [2.75, 3.05) is 56.0 Å². The van der Waals surface area contributed by atoms with Crippen LogP contribution in [0, 0.1) is 23.7 Å². The molecule has 3 unspecified atom stereocenters. The summed E-state index contributed by atoms with van der Waals surface area (Å²) in [5.74, 6) is -5.80. The number of thiazole rings is 1. The number of rotatable bonds is 25. The molecular formula is C59H80F2N18O7S. The summed E-state index contributed by atoms with van der Waals surface area (Å²) >= 11 is 1.53. The number of carbonyl (C=O) groups excluding carboxylic acids is 6. The Labute approximate surface area is 508 Å². The van der Waals surface area contributed by atoms with Crippen molar-refractivity contribution in [2.24, 2.45) is 38.3 Å². The first-order valence-corrected chi connectivity index (χ1v) is 30.0. The number of benzene rings is 1. The molecule has 0 radical (unpaired) electrons. The van der Waals surface area contributed by atoms with E-state index in [-0.39, 0.29) is 101 Å². The van der Waals surface area contributed by atoms with Crippen LogP contribution in [0.1, 0.15) is 126 Å². The zero-order valence-corrected chi connectivity index (χ0v) is 50.5. The monoisotopic (exact) mass is 1220 g/mol. The maximum Gasteiger partial charge on any atom is 0.266 e. The molecule has 1 aromatic carbocycles. The molecule has 28 heteroatoms. The highest BCUT2D eigenvalue weighted by atomic mass is 32.1. The van der Waals surface area contributed by atoms with Gasteiger partial charge in [0.15, 0.2) is 11.9 Å². The van der Waals surface area contributed by atoms with Crippen LogP contribution in [0.4, 0.5) is 26.2 Å². The van der Waals surface area contributed by atoms with E-state index in [2.05, 4.69) is 57.6 Å². The SMILES string of the molecule is Cc1ncsc1-c1ccc([C@H](C)NC(=O)[C@@H]2C[C@@H](O)CN2C(=O)C(NC(=O)C(CCCN=C(N)N)NC(=O)C(CCCN=C(N)N)NC(=O)CCC(=O)N2CCC(c3cc(Nc4cc(C#N)ccn4)nc(N4CCC(F)(F)C4)c3)CC2)C(C)(C)C)cc1. The number of hydrogen-bond acceptors (Lipinski definition) is 16. The molecule has 0 aliphatic carbocycles. The Hall–Kier alpha value is -8.58. The van der Waals surface area contributed by atoms with E-state index in [9.17, 15) is 47.9 Å². The average molecular weight is 1220 g/mol. The second-order valence-corrected chi connectivity index (χ2v) is 24.2. The molecule has 87 heavy (non-hydrogen) atoms. The fraction of sp³-hybridized carbons (Fsp3) is 0.525. The first-order valence-electron chi connectivity index (χ1n) is 29.1. The molecule has 0 spiro atoms. The number of hydrogen-bond donors (Lipinski definition) is 10. The molecule has 468 valence electrons. The zero-order valence-electron chi connectivity index (χ0n) is 49.7. The number of aliphatic hydroxyl groups is 1. The number of nitrogens with two attached hydrogens (primary N) is 4. The summed E-state index contributed by atoms with van der Waals surface area (Å²) < 4.78 is 28.8. The van der Waals surface area contributed by atoms with E-state index >= 15 is 0 Å². The molecule has 7 rings (SSSR count). The number of halogens is 2. The summed E-state index contributed by atoms with van der Waals surface area (Å²) in [5.41, 5.74) is 27.0. The number of likely N-dealkylation sites (tertiary alicyclic amines) is 2. The van der Waals surface area contributed by atoms with E-state index in [1.54, 1.807) is 49.4 Å². The van der Waals surface area contributed by atoms with Crippen LogP contribution in [-0.2, 0) is 28.8 Å². The molecule has 0 bridgehead atoms. The normalized spacial score (nSPS) is 18.1. The van der Waals surface area contributed by atoms with Crippen molar-refractivity contribution in [3.8, 4) is 16.5 Å². The van der Waals surface area contributed by atoms with E-state index in [1.165, 1.54) is 27.3 Å². The molecule has 3 saturated heterocycles. The minimum atomic E-state index is -2.87. The first kappa shape index (κ1) is 66.0. The number of anilines is 3. The third-order valence-corrected chi connectivity index (χ3v) is 16.6. The first-order chi connectivity index (χ1) is 41.3. The van der Waals surface area contributed by atoms with Gasteiger partial charge in [-0.05, 0) is 105 Å². The third kappa shape index (κ3) is 18.7. The van der Waals surface area contributed by atoms with Crippen molar-refractivity contribution >= 4 is 76.2 Å². The maximum atomic E-state index is 14.7. The number of nitrogens with zero attached hydrogens (tertiary/aromatic N) is 9. The summed E-state index contributed by atoms with van der Waals surface area (Å²) in [6.07, 6.45) is 1.03. The minimum absolute atomic E-state index is 0.00931. The molecule has 3 aliphatic rings. The van der Waals surface area contributed by atoms with Gasteiger partial charge in [0, 0.05) is 71.1 Å². The fourth-order valence-electron chi connectivity index (χ4n) is 10.8. The number of guanidine groups is 2. The summed E-state index contributed by atoms with van der Waals surface area (Å²) in [7, 11) is 0. The molecular weight excluding hydrogens is 1140 g/mol. The van der Waals surface area contributed by atoms with Crippen molar-refractivity contribution < 1.29 is 42.7 Å². The number of aromatic nitrogens is 3. The van der Waals surface area contributed by atoms with Crippen LogP contribution in [0.3, 0.4) is 0 Å². The van der Waals surface area contributed by atoms with Crippen LogP contribution in [0.25, 0.3) is 10.4 Å². The van der Waals surface area contributed by atoms with Crippen molar-refractivity contribution in [1.82, 2.24) is 46.0 Å². The van der Waals surface area contributed by atoms with E-state index in [0.29, 0.717) is 48.9 Å². The second kappa shape index (κ2) is 29.7. The Morgan fingerprint density at radius 3 is 2.11 bits per heavy atom. The molecule has 6 heterocycles. The largest absolute Gasteiger partial charge is 0.391 e. The molecule has 6 amide bonds. The lowest BCUT2D eigenvalue weighted by Gasteiger charge is -2.36. The Bertz CT molecular complexity index is 3190. The standard InChI is InChI=1S/C59H80F2N18O7S/c1-34(37-10-12-39(13-11-37)50-35(2)70-33-87-50)71-54(85)44-29-41(80)31-79(44)55(86)51(58(3,4)5)76-53(84)43(9-7-21-69-57(65)66)73-52(83)42(8-6-20-68-56(63)64)72-48(81)14-15-49(82)77-23-17-38(18-24-77)40-27-46(74-45-26-36(30-62)16-22-67-45)75-47(28-40)78-25-19-59(60,61)32-78/h10-13,16,22,26-28,33-34,38,41-44,51,80H,6-9,14-15,17-21,23-25,29,31-32H2,1-5H3,(H,71,85)(H,72,81)(H,73,83)(H,76,84)(H4,63,64,68)(H4,65,66,69)(H,67,74,75)/t34-,41+,42?,43?,44-,51?/m0/s1. The van der Waals surface area contributed by atoms with Gasteiger partial charge in [-0.2, -0.15) is 5.26 Å². The summed E-state index contributed by atoms with van der Waals surface area (Å²) in [6.45, 7) is 9.23. The molecule has 14 N–H and O–H groups in total. The van der Waals surface area contributed by atoms with Crippen LogP contribution < -0.4 is 54.4 Å². The summed E-state index contributed by atoms with van der Waals surface area (Å²) in [5, 5.41) is 34.8. The van der Waals surface area contributed by atoms with Crippen molar-refractivity contribution in [1.29, 1.82) is 5.26 Å². The van der Waals surface area contributed by atoms with Crippen molar-refractivity contribution in [3.63, 3.8) is 0 Å². The smallest absolute Gasteiger partial charge is 0.266 e. The van der Waals surface area contributed by atoms with Gasteiger partial charge in [-0.1, -0.05) is 45.0 Å². The van der Waals surface area contributed by atoms with Gasteiger partial charge in [0.1, 0.15) is 41.6 Å². The Balaban J connectivity index is 0.989. The highest BCUT2D eigenvalue weighted by Gasteiger charge is 2.46. The van der Waals surface area contributed by atoms with Gasteiger partial charge in [0.05, 0.1) is 46.4 Å². The van der Waals surface area contributed by atoms with Gasteiger partial charge in [0.25, 0.3) is 5.92 Å². The lowest BCUT2D eigenvalue weighted by molar-refractivity contribution is -0.144. The molecule has 0 saturated carbocycles. The number of pyridine rings is 2. The highest BCUT2D eigenvalue weighted by Crippen LogP contribution is 2.36. The van der Waals surface area contributed by atoms with Crippen LogP contribution in [0.5, 0.6) is 0 Å². The van der Waals surface area contributed by atoms with Gasteiger partial charge >= 0.3 is 0 Å².